The predicted octanol–water partition coefficient (Wildman–Crippen LogP) is 3.83. The van der Waals surface area contributed by atoms with Gasteiger partial charge in [0, 0.05) is 35.5 Å². The van der Waals surface area contributed by atoms with Crippen molar-refractivity contribution in [3.63, 3.8) is 0 Å². The van der Waals surface area contributed by atoms with E-state index in [0.29, 0.717) is 22.5 Å². The lowest BCUT2D eigenvalue weighted by atomic mass is 10.0. The van der Waals surface area contributed by atoms with Gasteiger partial charge in [0.25, 0.3) is 5.91 Å². The van der Waals surface area contributed by atoms with E-state index in [4.69, 9.17) is 5.73 Å². The molecule has 32 heavy (non-hydrogen) atoms. The lowest BCUT2D eigenvalue weighted by Crippen LogP contribution is -2.43. The van der Waals surface area contributed by atoms with Gasteiger partial charge in [-0.15, -0.1) is 0 Å². The van der Waals surface area contributed by atoms with Gasteiger partial charge < -0.3 is 10.6 Å². The number of nitrogens with zero attached hydrogens (tertiary/aromatic N) is 4. The molecule has 4 rings (SSSR count). The van der Waals surface area contributed by atoms with E-state index >= 15 is 0 Å². The van der Waals surface area contributed by atoms with E-state index in [1.54, 1.807) is 17.7 Å². The molecule has 10 heteroatoms. The normalized spacial score (nSPS) is 16.2. The molecule has 0 fully saturated rings. The number of aromatic nitrogens is 3. The van der Waals surface area contributed by atoms with Crippen molar-refractivity contribution in [3.05, 3.63) is 70.7 Å². The number of pyridine rings is 1. The Labute approximate surface area is 181 Å². The summed E-state index contributed by atoms with van der Waals surface area (Å²) >= 11 is 0. The molecule has 0 saturated carbocycles. The molecule has 1 aliphatic heterocycles. The summed E-state index contributed by atoms with van der Waals surface area (Å²) in [6.07, 6.45) is -3.05. The van der Waals surface area contributed by atoms with Gasteiger partial charge in [-0.25, -0.2) is 4.98 Å². The summed E-state index contributed by atoms with van der Waals surface area (Å²) in [7, 11) is 0. The molecule has 0 unspecified atom stereocenters. The van der Waals surface area contributed by atoms with Crippen LogP contribution in [0, 0.1) is 6.92 Å². The molecule has 0 bridgehead atoms. The van der Waals surface area contributed by atoms with Gasteiger partial charge in [0.05, 0.1) is 17.8 Å². The Morgan fingerprint density at radius 3 is 2.53 bits per heavy atom. The number of carbonyl (C=O) groups excluding carboxylic acids is 2. The fraction of sp³-hybridized carbons (Fsp3) is 0.273. The van der Waals surface area contributed by atoms with Crippen molar-refractivity contribution in [2.24, 2.45) is 0 Å². The molecule has 0 aliphatic carbocycles. The molecule has 0 spiro atoms. The number of halogens is 3. The topological polar surface area (TPSA) is 94.1 Å². The molecule has 3 heterocycles. The van der Waals surface area contributed by atoms with Crippen molar-refractivity contribution in [2.45, 2.75) is 32.5 Å². The summed E-state index contributed by atoms with van der Waals surface area (Å²) in [6.45, 7) is 3.81. The Balaban J connectivity index is 1.64. The number of hydrogen-bond acceptors (Lipinski definition) is 5. The third-order valence-electron chi connectivity index (χ3n) is 5.34. The first-order valence-electron chi connectivity index (χ1n) is 9.87. The first kappa shape index (κ1) is 21.5. The fourth-order valence-corrected chi connectivity index (χ4v) is 3.83. The van der Waals surface area contributed by atoms with Crippen LogP contribution in [0.2, 0.25) is 0 Å². The molecule has 1 aliphatic rings. The molecule has 1 aromatic carbocycles. The maximum absolute atomic E-state index is 13.3. The summed E-state index contributed by atoms with van der Waals surface area (Å²) in [6, 6.07) is 7.30. The van der Waals surface area contributed by atoms with E-state index in [-0.39, 0.29) is 36.3 Å². The van der Waals surface area contributed by atoms with Gasteiger partial charge >= 0.3 is 6.18 Å². The van der Waals surface area contributed by atoms with Gasteiger partial charge in [0.1, 0.15) is 11.5 Å². The van der Waals surface area contributed by atoms with Gasteiger partial charge in [-0.05, 0) is 50.2 Å². The van der Waals surface area contributed by atoms with Crippen LogP contribution >= 0.6 is 0 Å². The maximum Gasteiger partial charge on any atom is 0.416 e. The monoisotopic (exact) mass is 443 g/mol. The molecular formula is C22H20F3N5O2. The van der Waals surface area contributed by atoms with E-state index in [1.165, 1.54) is 29.3 Å². The average molecular weight is 443 g/mol. The van der Waals surface area contributed by atoms with Crippen molar-refractivity contribution in [1.29, 1.82) is 0 Å². The number of alkyl halides is 3. The molecular weight excluding hydrogens is 423 g/mol. The van der Waals surface area contributed by atoms with Crippen LogP contribution in [0.1, 0.15) is 50.6 Å². The van der Waals surface area contributed by atoms with E-state index in [0.717, 1.165) is 12.1 Å². The van der Waals surface area contributed by atoms with Crippen molar-refractivity contribution in [2.75, 3.05) is 17.2 Å². The minimum Gasteiger partial charge on any atom is -0.384 e. The number of benzene rings is 1. The zero-order valence-corrected chi connectivity index (χ0v) is 17.3. The van der Waals surface area contributed by atoms with Gasteiger partial charge in [-0.1, -0.05) is 0 Å². The van der Waals surface area contributed by atoms with Gasteiger partial charge in [0.15, 0.2) is 5.78 Å². The molecule has 2 N–H and O–H groups in total. The highest BCUT2D eigenvalue weighted by atomic mass is 19.4. The molecule has 1 atom stereocenters. The Hall–Kier alpha value is -3.69. The fourth-order valence-electron chi connectivity index (χ4n) is 3.83. The molecule has 3 aromatic rings. The van der Waals surface area contributed by atoms with Crippen LogP contribution in [-0.4, -0.2) is 33.0 Å². The number of Topliss-reactive ketones (excluding diaryl/α,β-unsaturated/α-hetero) is 1. The first-order valence-corrected chi connectivity index (χ1v) is 9.87. The summed E-state index contributed by atoms with van der Waals surface area (Å²) in [5.41, 5.74) is 6.95. The SMILES string of the molecule is Cc1cc(C(=O)Cc2cnn3c2C(=O)N(c2ccc(C(F)(F)F)cc2)C[C@@H]3C)cc(N)n1. The van der Waals surface area contributed by atoms with Crippen molar-refractivity contribution in [1.82, 2.24) is 14.8 Å². The maximum atomic E-state index is 13.3. The van der Waals surface area contributed by atoms with Crippen LogP contribution in [-0.2, 0) is 12.6 Å². The lowest BCUT2D eigenvalue weighted by Gasteiger charge is -2.32. The summed E-state index contributed by atoms with van der Waals surface area (Å²) in [5, 5.41) is 4.28. The summed E-state index contributed by atoms with van der Waals surface area (Å²) in [4.78, 5) is 31.5. The lowest BCUT2D eigenvalue weighted by molar-refractivity contribution is -0.137. The average Bonchev–Trinajstić information content (AvgIpc) is 3.14. The number of rotatable bonds is 4. The van der Waals surface area contributed by atoms with Gasteiger partial charge in [-0.3, -0.25) is 14.3 Å². The van der Waals surface area contributed by atoms with E-state index < -0.39 is 17.6 Å². The second-order valence-electron chi connectivity index (χ2n) is 7.79. The van der Waals surface area contributed by atoms with Crippen LogP contribution in [0.25, 0.3) is 0 Å². The predicted molar refractivity (Wildman–Crippen MR) is 111 cm³/mol. The quantitative estimate of drug-likeness (QED) is 0.619. The van der Waals surface area contributed by atoms with Crippen LogP contribution < -0.4 is 10.6 Å². The highest BCUT2D eigenvalue weighted by molar-refractivity contribution is 6.08. The summed E-state index contributed by atoms with van der Waals surface area (Å²) < 4.78 is 40.2. The minimum absolute atomic E-state index is 0.0719. The minimum atomic E-state index is -4.46. The highest BCUT2D eigenvalue weighted by Gasteiger charge is 2.35. The van der Waals surface area contributed by atoms with Crippen LogP contribution in [0.5, 0.6) is 0 Å². The third-order valence-corrected chi connectivity index (χ3v) is 5.34. The number of aryl methyl sites for hydroxylation is 1. The van der Waals surface area contributed by atoms with E-state index in [9.17, 15) is 22.8 Å². The molecule has 0 radical (unpaired) electrons. The van der Waals surface area contributed by atoms with E-state index in [1.807, 2.05) is 6.92 Å². The number of ketones is 1. The van der Waals surface area contributed by atoms with Gasteiger partial charge in [0.2, 0.25) is 0 Å². The number of nitrogen functional groups attached to an aromatic ring is 1. The Morgan fingerprint density at radius 1 is 1.22 bits per heavy atom. The summed E-state index contributed by atoms with van der Waals surface area (Å²) in [5.74, 6) is -0.442. The Bertz CT molecular complexity index is 1180. The Kier molecular flexibility index (Phi) is 5.23. The largest absolute Gasteiger partial charge is 0.416 e. The van der Waals surface area contributed by atoms with Crippen LogP contribution in [0.3, 0.4) is 0 Å². The second kappa shape index (κ2) is 7.77. The number of carbonyl (C=O) groups is 2. The smallest absolute Gasteiger partial charge is 0.384 e. The molecule has 1 amide bonds. The van der Waals surface area contributed by atoms with Crippen LogP contribution in [0.15, 0.2) is 42.6 Å². The number of nitrogens with two attached hydrogens (primary N) is 1. The Morgan fingerprint density at radius 2 is 1.91 bits per heavy atom. The number of amides is 1. The molecule has 0 saturated heterocycles. The number of hydrogen-bond donors (Lipinski definition) is 1. The number of fused-ring (bicyclic) bond motifs is 1. The van der Waals surface area contributed by atoms with Crippen molar-refractivity contribution in [3.8, 4) is 0 Å². The van der Waals surface area contributed by atoms with Crippen molar-refractivity contribution < 1.29 is 22.8 Å². The standard InChI is InChI=1S/C22H20F3N5O2/c1-12-7-14(9-19(26)28-12)18(31)8-15-10-27-30-13(2)11-29(21(32)20(15)30)17-5-3-16(4-6-17)22(23,24)25/h3-7,9-10,13H,8,11H2,1-2H3,(H2,26,28)/t13-/m0/s1. The third kappa shape index (κ3) is 3.95. The number of anilines is 2. The second-order valence-corrected chi connectivity index (χ2v) is 7.79. The zero-order chi connectivity index (χ0) is 23.2. The van der Waals surface area contributed by atoms with E-state index in [2.05, 4.69) is 10.1 Å². The zero-order valence-electron chi connectivity index (χ0n) is 17.3. The first-order chi connectivity index (χ1) is 15.0. The highest BCUT2D eigenvalue weighted by Crippen LogP contribution is 2.33. The van der Waals surface area contributed by atoms with Gasteiger partial charge in [-0.2, -0.15) is 18.3 Å². The molecule has 2 aromatic heterocycles. The molecule has 166 valence electrons. The van der Waals surface area contributed by atoms with Crippen LogP contribution in [0.4, 0.5) is 24.7 Å². The van der Waals surface area contributed by atoms with Crippen molar-refractivity contribution >= 4 is 23.2 Å². The molecule has 7 nitrogen and oxygen atoms in total.